The van der Waals surface area contributed by atoms with Crippen LogP contribution >= 0.6 is 11.3 Å². The van der Waals surface area contributed by atoms with E-state index in [0.717, 1.165) is 41.2 Å². The molecule has 0 spiro atoms. The number of aliphatic carboxylic acids is 2. The van der Waals surface area contributed by atoms with Gasteiger partial charge in [0.05, 0.1) is 10.2 Å². The number of hydrogen-bond acceptors (Lipinski definition) is 6. The number of carbonyl (C=O) groups is 2. The third-order valence-electron chi connectivity index (χ3n) is 2.85. The zero-order valence-electron chi connectivity index (χ0n) is 13.5. The second-order valence-corrected chi connectivity index (χ2v) is 5.92. The van der Waals surface area contributed by atoms with Crippen molar-refractivity contribution in [3.8, 4) is 5.75 Å². The van der Waals surface area contributed by atoms with Crippen LogP contribution in [0.4, 0.5) is 5.13 Å². The van der Waals surface area contributed by atoms with E-state index in [-0.39, 0.29) is 0 Å². The van der Waals surface area contributed by atoms with Crippen LogP contribution in [0.15, 0.2) is 43.0 Å². The van der Waals surface area contributed by atoms with Crippen LogP contribution in [-0.2, 0) is 9.59 Å². The van der Waals surface area contributed by atoms with Gasteiger partial charge in [0, 0.05) is 18.7 Å². The largest absolute Gasteiger partial charge is 0.508 e. The van der Waals surface area contributed by atoms with Crippen LogP contribution in [0, 0.1) is 0 Å². The van der Waals surface area contributed by atoms with Crippen LogP contribution in [0.3, 0.4) is 0 Å². The highest BCUT2D eigenvalue weighted by Crippen LogP contribution is 2.28. The molecule has 0 aliphatic carbocycles. The number of phenolic OH excluding ortho intramolecular Hbond substituents is 1. The molecule has 0 atom stereocenters. The van der Waals surface area contributed by atoms with Gasteiger partial charge in [-0.2, -0.15) is 0 Å². The lowest BCUT2D eigenvalue weighted by atomic mass is 10.2. The van der Waals surface area contributed by atoms with Crippen molar-refractivity contribution in [2.75, 3.05) is 11.9 Å². The molecule has 7 nitrogen and oxygen atoms in total. The molecule has 1 aromatic heterocycles. The lowest BCUT2D eigenvalue weighted by Gasteiger charge is -2.00. The summed E-state index contributed by atoms with van der Waals surface area (Å²) in [7, 11) is 0. The van der Waals surface area contributed by atoms with Crippen molar-refractivity contribution in [3.63, 3.8) is 0 Å². The van der Waals surface area contributed by atoms with E-state index in [1.165, 1.54) is 0 Å². The Labute approximate surface area is 149 Å². The Hall–Kier alpha value is -2.87. The SMILES string of the molecule is C=CCCCCNc1nc2ccc(O)cc2s1.O=C(O)/C=C\C(=O)O. The van der Waals surface area contributed by atoms with E-state index in [0.29, 0.717) is 17.9 Å². The van der Waals surface area contributed by atoms with Crippen molar-refractivity contribution in [3.05, 3.63) is 43.0 Å². The fourth-order valence-corrected chi connectivity index (χ4v) is 2.66. The molecule has 0 aliphatic rings. The average Bonchev–Trinajstić information content (AvgIpc) is 2.95. The number of unbranched alkanes of at least 4 members (excludes halogenated alkanes) is 2. The topological polar surface area (TPSA) is 120 Å². The summed E-state index contributed by atoms with van der Waals surface area (Å²) in [5.41, 5.74) is 0.932. The van der Waals surface area contributed by atoms with Gasteiger partial charge in [0.2, 0.25) is 0 Å². The summed E-state index contributed by atoms with van der Waals surface area (Å²) in [5.74, 6) is -2.22. The lowest BCUT2D eigenvalue weighted by Crippen LogP contribution is -2.00. The molecule has 0 aliphatic heterocycles. The normalized spacial score (nSPS) is 10.2. The fraction of sp³-hybridized carbons (Fsp3) is 0.235. The first-order valence-corrected chi connectivity index (χ1v) is 8.32. The highest BCUT2D eigenvalue weighted by molar-refractivity contribution is 7.22. The van der Waals surface area contributed by atoms with Crippen LogP contribution in [-0.4, -0.2) is 38.8 Å². The third kappa shape index (κ3) is 8.52. The van der Waals surface area contributed by atoms with Gasteiger partial charge in [0.25, 0.3) is 0 Å². The number of allylic oxidation sites excluding steroid dienone is 1. The van der Waals surface area contributed by atoms with Crippen LogP contribution < -0.4 is 5.32 Å². The Balaban J connectivity index is 0.000000333. The molecular weight excluding hydrogens is 344 g/mol. The van der Waals surface area contributed by atoms with E-state index in [1.54, 1.807) is 23.5 Å². The predicted octanol–water partition coefficient (Wildman–Crippen LogP) is 3.48. The van der Waals surface area contributed by atoms with Gasteiger partial charge in [-0.05, 0) is 37.5 Å². The minimum absolute atomic E-state index is 0.290. The van der Waals surface area contributed by atoms with E-state index in [9.17, 15) is 14.7 Å². The molecule has 0 fully saturated rings. The van der Waals surface area contributed by atoms with Crippen molar-refractivity contribution >= 4 is 38.6 Å². The Morgan fingerprint density at radius 2 is 1.88 bits per heavy atom. The summed E-state index contributed by atoms with van der Waals surface area (Å²) in [6, 6.07) is 5.25. The van der Waals surface area contributed by atoms with E-state index in [4.69, 9.17) is 10.2 Å². The van der Waals surface area contributed by atoms with Gasteiger partial charge in [-0.1, -0.05) is 17.4 Å². The van der Waals surface area contributed by atoms with Gasteiger partial charge in [-0.25, -0.2) is 14.6 Å². The molecule has 0 saturated carbocycles. The number of aromatic hydroxyl groups is 1. The Morgan fingerprint density at radius 1 is 1.20 bits per heavy atom. The van der Waals surface area contributed by atoms with Gasteiger partial charge < -0.3 is 20.6 Å². The zero-order valence-corrected chi connectivity index (χ0v) is 14.3. The number of hydrogen-bond donors (Lipinski definition) is 4. The molecule has 0 radical (unpaired) electrons. The predicted molar refractivity (Wildman–Crippen MR) is 98.2 cm³/mol. The van der Waals surface area contributed by atoms with Gasteiger partial charge in [-0.3, -0.25) is 0 Å². The summed E-state index contributed by atoms with van der Waals surface area (Å²) >= 11 is 1.57. The standard InChI is InChI=1S/C13H16N2OS.C4H4O4/c1-2-3-4-5-8-14-13-15-11-7-6-10(16)9-12(11)17-13;5-3(6)1-2-4(7)8/h2,6-7,9,16H,1,3-5,8H2,(H,14,15);1-2H,(H,5,6)(H,7,8)/b;2-1-. The Kier molecular flexibility index (Phi) is 8.73. The number of carboxylic acids is 2. The molecule has 0 bridgehead atoms. The molecule has 4 N–H and O–H groups in total. The molecule has 1 aromatic carbocycles. The highest BCUT2D eigenvalue weighted by atomic mass is 32.1. The first kappa shape index (κ1) is 20.2. The summed E-state index contributed by atoms with van der Waals surface area (Å²) in [6.45, 7) is 4.63. The molecule has 2 aromatic rings. The molecule has 2 rings (SSSR count). The number of carboxylic acid groups (broad SMARTS) is 2. The first-order valence-electron chi connectivity index (χ1n) is 7.50. The molecule has 134 valence electrons. The maximum atomic E-state index is 9.55. The minimum Gasteiger partial charge on any atom is -0.508 e. The number of fused-ring (bicyclic) bond motifs is 1. The van der Waals surface area contributed by atoms with Gasteiger partial charge in [-0.15, -0.1) is 6.58 Å². The van der Waals surface area contributed by atoms with Crippen LogP contribution in [0.1, 0.15) is 19.3 Å². The summed E-state index contributed by atoms with van der Waals surface area (Å²) in [4.78, 5) is 23.6. The summed E-state index contributed by atoms with van der Waals surface area (Å²) < 4.78 is 1.01. The van der Waals surface area contributed by atoms with Crippen LogP contribution in [0.5, 0.6) is 5.75 Å². The smallest absolute Gasteiger partial charge is 0.328 e. The molecule has 0 unspecified atom stereocenters. The van der Waals surface area contributed by atoms with Crippen molar-refractivity contribution in [2.24, 2.45) is 0 Å². The Morgan fingerprint density at radius 3 is 2.48 bits per heavy atom. The van der Waals surface area contributed by atoms with Gasteiger partial charge in [0.15, 0.2) is 5.13 Å². The maximum absolute atomic E-state index is 9.55. The average molecular weight is 364 g/mol. The molecule has 0 saturated heterocycles. The van der Waals surface area contributed by atoms with Gasteiger partial charge in [0.1, 0.15) is 5.75 Å². The van der Waals surface area contributed by atoms with Crippen molar-refractivity contribution in [1.29, 1.82) is 0 Å². The fourth-order valence-electron chi connectivity index (χ4n) is 1.74. The molecule has 1 heterocycles. The van der Waals surface area contributed by atoms with Crippen molar-refractivity contribution in [1.82, 2.24) is 4.98 Å². The van der Waals surface area contributed by atoms with E-state index in [2.05, 4.69) is 16.9 Å². The van der Waals surface area contributed by atoms with Crippen molar-refractivity contribution in [2.45, 2.75) is 19.3 Å². The number of anilines is 1. The minimum atomic E-state index is -1.26. The quantitative estimate of drug-likeness (QED) is 0.321. The molecule has 25 heavy (non-hydrogen) atoms. The second-order valence-electron chi connectivity index (χ2n) is 4.89. The van der Waals surface area contributed by atoms with Gasteiger partial charge >= 0.3 is 11.9 Å². The number of thiazole rings is 1. The zero-order chi connectivity index (χ0) is 18.7. The monoisotopic (exact) mass is 364 g/mol. The van der Waals surface area contributed by atoms with Crippen LogP contribution in [0.2, 0.25) is 0 Å². The van der Waals surface area contributed by atoms with E-state index >= 15 is 0 Å². The number of nitrogens with one attached hydrogen (secondary N) is 1. The number of aromatic nitrogens is 1. The Bertz CT molecular complexity index is 739. The van der Waals surface area contributed by atoms with E-state index < -0.39 is 11.9 Å². The summed E-state index contributed by atoms with van der Waals surface area (Å²) in [6.07, 6.45) is 6.40. The first-order chi connectivity index (χ1) is 11.9. The summed E-state index contributed by atoms with van der Waals surface area (Å²) in [5, 5.41) is 29.2. The lowest BCUT2D eigenvalue weighted by molar-refractivity contribution is -0.134. The number of benzene rings is 1. The molecular formula is C17H20N2O5S. The number of nitrogens with zero attached hydrogens (tertiary/aromatic N) is 1. The molecule has 8 heteroatoms. The van der Waals surface area contributed by atoms with Crippen molar-refractivity contribution < 1.29 is 24.9 Å². The maximum Gasteiger partial charge on any atom is 0.328 e. The molecule has 0 amide bonds. The number of phenols is 1. The number of rotatable bonds is 8. The second kappa shape index (κ2) is 10.8. The highest BCUT2D eigenvalue weighted by Gasteiger charge is 2.03. The van der Waals surface area contributed by atoms with Crippen LogP contribution in [0.25, 0.3) is 10.2 Å². The third-order valence-corrected chi connectivity index (χ3v) is 3.83. The van der Waals surface area contributed by atoms with E-state index in [1.807, 2.05) is 12.1 Å².